The van der Waals surface area contributed by atoms with Crippen molar-refractivity contribution in [3.05, 3.63) is 57.8 Å². The van der Waals surface area contributed by atoms with Gasteiger partial charge in [-0.05, 0) is 42.5 Å². The Balaban J connectivity index is 2.36. The lowest BCUT2D eigenvalue weighted by Crippen LogP contribution is -1.96. The predicted octanol–water partition coefficient (Wildman–Crippen LogP) is 4.62. The number of halogens is 3. The molecule has 0 radical (unpaired) electrons. The second-order valence-electron chi connectivity index (χ2n) is 4.05. The van der Waals surface area contributed by atoms with E-state index in [9.17, 15) is 8.78 Å². The van der Waals surface area contributed by atoms with Crippen molar-refractivity contribution in [3.63, 3.8) is 0 Å². The van der Waals surface area contributed by atoms with Crippen LogP contribution in [-0.4, -0.2) is 9.55 Å². The summed E-state index contributed by atoms with van der Waals surface area (Å²) in [6.45, 7) is 0. The molecule has 0 amide bonds. The fourth-order valence-corrected chi connectivity index (χ4v) is 2.49. The van der Waals surface area contributed by atoms with Crippen LogP contribution in [0.1, 0.15) is 0 Å². The van der Waals surface area contributed by atoms with Crippen LogP contribution in [-0.2, 0) is 0 Å². The van der Waals surface area contributed by atoms with Crippen molar-refractivity contribution in [2.24, 2.45) is 0 Å². The largest absolute Gasteiger partial charge is 0.330 e. The minimum Gasteiger partial charge on any atom is -0.330 e. The zero-order chi connectivity index (χ0) is 13.6. The number of imidazole rings is 1. The summed E-state index contributed by atoms with van der Waals surface area (Å²) in [6.07, 6.45) is 0. The summed E-state index contributed by atoms with van der Waals surface area (Å²) in [5.74, 6) is -1.31. The maximum Gasteiger partial charge on any atom is 0.182 e. The first-order chi connectivity index (χ1) is 9.04. The van der Waals surface area contributed by atoms with E-state index in [4.69, 9.17) is 23.8 Å². The third kappa shape index (κ3) is 2.15. The van der Waals surface area contributed by atoms with E-state index in [1.807, 2.05) is 0 Å². The summed E-state index contributed by atoms with van der Waals surface area (Å²) in [5.41, 5.74) is 1.75. The van der Waals surface area contributed by atoms with Crippen LogP contribution < -0.4 is 0 Å². The van der Waals surface area contributed by atoms with Crippen molar-refractivity contribution in [3.8, 4) is 5.69 Å². The number of hydrogen-bond acceptors (Lipinski definition) is 1. The van der Waals surface area contributed by atoms with Crippen LogP contribution in [0.3, 0.4) is 0 Å². The first kappa shape index (κ1) is 12.3. The standard InChI is InChI=1S/C13H7ClF2N2S/c14-7-1-2-12-11(3-7)17-13(19)18(12)10-5-8(15)4-9(16)6-10/h1-6H,(H,17,19). The molecule has 2 nitrogen and oxygen atoms in total. The summed E-state index contributed by atoms with van der Waals surface area (Å²) in [4.78, 5) is 2.95. The summed E-state index contributed by atoms with van der Waals surface area (Å²) in [5, 5.41) is 0.557. The number of rotatable bonds is 1. The van der Waals surface area contributed by atoms with E-state index in [1.54, 1.807) is 22.8 Å². The fourth-order valence-electron chi connectivity index (χ4n) is 2.01. The van der Waals surface area contributed by atoms with Gasteiger partial charge in [-0.2, -0.15) is 0 Å². The fraction of sp³-hybridized carbons (Fsp3) is 0. The molecule has 2 aromatic carbocycles. The Bertz CT molecular complexity index is 818. The number of hydrogen-bond donors (Lipinski definition) is 1. The SMILES string of the molecule is Fc1cc(F)cc(-n2c(=S)[nH]c3cc(Cl)ccc32)c1. The Kier molecular flexibility index (Phi) is 2.88. The molecule has 0 aliphatic rings. The minimum atomic E-state index is -0.653. The number of nitrogens with zero attached hydrogens (tertiary/aromatic N) is 1. The van der Waals surface area contributed by atoms with Gasteiger partial charge in [0.1, 0.15) is 11.6 Å². The maximum absolute atomic E-state index is 13.3. The molecule has 96 valence electrons. The lowest BCUT2D eigenvalue weighted by atomic mass is 10.2. The van der Waals surface area contributed by atoms with E-state index < -0.39 is 11.6 Å². The highest BCUT2D eigenvalue weighted by molar-refractivity contribution is 7.71. The van der Waals surface area contributed by atoms with E-state index >= 15 is 0 Å². The van der Waals surface area contributed by atoms with Gasteiger partial charge in [0.05, 0.1) is 16.7 Å². The van der Waals surface area contributed by atoms with E-state index in [-0.39, 0.29) is 0 Å². The number of nitrogens with one attached hydrogen (secondary N) is 1. The summed E-state index contributed by atoms with van der Waals surface area (Å²) < 4.78 is 28.5. The Morgan fingerprint density at radius 1 is 1.05 bits per heavy atom. The highest BCUT2D eigenvalue weighted by atomic mass is 35.5. The molecular weight excluding hydrogens is 290 g/mol. The molecule has 0 fully saturated rings. The quantitative estimate of drug-likeness (QED) is 0.650. The molecule has 3 rings (SSSR count). The van der Waals surface area contributed by atoms with Gasteiger partial charge in [0.25, 0.3) is 0 Å². The molecule has 1 N–H and O–H groups in total. The Morgan fingerprint density at radius 3 is 2.42 bits per heavy atom. The van der Waals surface area contributed by atoms with E-state index in [0.717, 1.165) is 6.07 Å². The molecule has 1 heterocycles. The van der Waals surface area contributed by atoms with Gasteiger partial charge >= 0.3 is 0 Å². The number of fused-ring (bicyclic) bond motifs is 1. The molecule has 6 heteroatoms. The maximum atomic E-state index is 13.3. The van der Waals surface area contributed by atoms with Crippen LogP contribution in [0.25, 0.3) is 16.7 Å². The Labute approximate surface area is 117 Å². The predicted molar refractivity (Wildman–Crippen MR) is 73.4 cm³/mol. The third-order valence-corrected chi connectivity index (χ3v) is 3.27. The number of aromatic nitrogens is 2. The lowest BCUT2D eigenvalue weighted by Gasteiger charge is -2.05. The van der Waals surface area contributed by atoms with Crippen molar-refractivity contribution >= 4 is 34.9 Å². The van der Waals surface area contributed by atoms with Crippen LogP contribution in [0.15, 0.2) is 36.4 Å². The number of H-pyrrole nitrogens is 1. The second-order valence-corrected chi connectivity index (χ2v) is 4.88. The van der Waals surface area contributed by atoms with Crippen molar-refractivity contribution in [1.82, 2.24) is 9.55 Å². The molecule has 0 bridgehead atoms. The van der Waals surface area contributed by atoms with Crippen molar-refractivity contribution in [1.29, 1.82) is 0 Å². The van der Waals surface area contributed by atoms with Crippen LogP contribution in [0, 0.1) is 16.4 Å². The van der Waals surface area contributed by atoms with Crippen LogP contribution in [0.2, 0.25) is 5.02 Å². The summed E-state index contributed by atoms with van der Waals surface area (Å²) in [7, 11) is 0. The van der Waals surface area contributed by atoms with Gasteiger partial charge in [-0.15, -0.1) is 0 Å². The number of benzene rings is 2. The molecular formula is C13H7ClF2N2S. The first-order valence-electron chi connectivity index (χ1n) is 5.41. The summed E-state index contributed by atoms with van der Waals surface area (Å²) >= 11 is 11.1. The monoisotopic (exact) mass is 296 g/mol. The lowest BCUT2D eigenvalue weighted by molar-refractivity contribution is 0.581. The Hall–Kier alpha value is -1.72. The molecule has 0 spiro atoms. The van der Waals surface area contributed by atoms with Gasteiger partial charge in [-0.3, -0.25) is 4.57 Å². The highest BCUT2D eigenvalue weighted by Gasteiger charge is 2.09. The van der Waals surface area contributed by atoms with Crippen LogP contribution in [0.5, 0.6) is 0 Å². The normalized spacial score (nSPS) is 11.1. The van der Waals surface area contributed by atoms with Gasteiger partial charge in [-0.25, -0.2) is 8.78 Å². The van der Waals surface area contributed by atoms with Crippen molar-refractivity contribution in [2.75, 3.05) is 0 Å². The van der Waals surface area contributed by atoms with E-state index in [0.29, 0.717) is 26.5 Å². The first-order valence-corrected chi connectivity index (χ1v) is 6.20. The van der Waals surface area contributed by atoms with E-state index in [2.05, 4.69) is 4.98 Å². The molecule has 0 saturated carbocycles. The minimum absolute atomic E-state index is 0.330. The zero-order valence-corrected chi connectivity index (χ0v) is 11.0. The zero-order valence-electron chi connectivity index (χ0n) is 9.45. The van der Waals surface area contributed by atoms with Gasteiger partial charge in [0, 0.05) is 11.1 Å². The molecule has 0 saturated heterocycles. The van der Waals surface area contributed by atoms with Gasteiger partial charge in [-0.1, -0.05) is 11.6 Å². The third-order valence-electron chi connectivity index (χ3n) is 2.75. The highest BCUT2D eigenvalue weighted by Crippen LogP contribution is 2.23. The second kappa shape index (κ2) is 4.43. The van der Waals surface area contributed by atoms with Crippen LogP contribution >= 0.6 is 23.8 Å². The van der Waals surface area contributed by atoms with Gasteiger partial charge in [0.15, 0.2) is 4.77 Å². The average molecular weight is 297 g/mol. The Morgan fingerprint density at radius 2 is 1.74 bits per heavy atom. The molecule has 0 aliphatic heterocycles. The molecule has 0 unspecified atom stereocenters. The van der Waals surface area contributed by atoms with E-state index in [1.165, 1.54) is 12.1 Å². The smallest absolute Gasteiger partial charge is 0.182 e. The van der Waals surface area contributed by atoms with Crippen LogP contribution in [0.4, 0.5) is 8.78 Å². The molecule has 0 aliphatic carbocycles. The molecule has 1 aromatic heterocycles. The van der Waals surface area contributed by atoms with Crippen molar-refractivity contribution in [2.45, 2.75) is 0 Å². The molecule has 3 aromatic rings. The topological polar surface area (TPSA) is 20.7 Å². The average Bonchev–Trinajstić information content (AvgIpc) is 2.62. The summed E-state index contributed by atoms with van der Waals surface area (Å²) in [6, 6.07) is 8.41. The van der Waals surface area contributed by atoms with Crippen molar-refractivity contribution < 1.29 is 8.78 Å². The van der Waals surface area contributed by atoms with Gasteiger partial charge < -0.3 is 4.98 Å². The molecule has 19 heavy (non-hydrogen) atoms. The van der Waals surface area contributed by atoms with Gasteiger partial charge in [0.2, 0.25) is 0 Å². The molecule has 0 atom stereocenters. The number of aromatic amines is 1.